The molecule has 11 heteroatoms. The quantitative estimate of drug-likeness (QED) is 0.764. The molecule has 2 aromatic rings. The van der Waals surface area contributed by atoms with Crippen LogP contribution in [0.15, 0.2) is 35.1 Å². The number of nitrogens with one attached hydrogen (secondary N) is 1. The summed E-state index contributed by atoms with van der Waals surface area (Å²) < 4.78 is 44.7. The Labute approximate surface area is 158 Å². The van der Waals surface area contributed by atoms with E-state index in [1.54, 1.807) is 0 Å². The van der Waals surface area contributed by atoms with Gasteiger partial charge in [-0.05, 0) is 29.8 Å². The van der Waals surface area contributed by atoms with Crippen molar-refractivity contribution in [2.75, 3.05) is 19.0 Å². The fraction of sp³-hybridized carbons (Fsp3) is 0.312. The molecule has 0 aliphatic rings. The Hall–Kier alpha value is -2.43. The number of rotatable bonds is 6. The Morgan fingerprint density at radius 2 is 2.00 bits per heavy atom. The lowest BCUT2D eigenvalue weighted by Gasteiger charge is -2.12. The van der Waals surface area contributed by atoms with Crippen molar-refractivity contribution >= 4 is 24.0 Å². The Balaban J connectivity index is 0.00000364. The summed E-state index contributed by atoms with van der Waals surface area (Å²) in [5.74, 6) is -0.751. The molecule has 0 bridgehead atoms. The fourth-order valence-electron chi connectivity index (χ4n) is 2.15. The molecule has 7 nitrogen and oxygen atoms in total. The van der Waals surface area contributed by atoms with Crippen LogP contribution in [0.2, 0.25) is 0 Å². The third-order valence-electron chi connectivity index (χ3n) is 3.42. The highest BCUT2D eigenvalue weighted by molar-refractivity contribution is 6.02. The average molecular weight is 407 g/mol. The van der Waals surface area contributed by atoms with Crippen LogP contribution in [0.3, 0.4) is 0 Å². The Morgan fingerprint density at radius 3 is 2.59 bits per heavy atom. The van der Waals surface area contributed by atoms with Crippen molar-refractivity contribution < 1.29 is 22.7 Å². The van der Waals surface area contributed by atoms with Crippen LogP contribution in [0.1, 0.15) is 21.6 Å². The highest BCUT2D eigenvalue weighted by Gasteiger charge is 2.31. The lowest BCUT2D eigenvalue weighted by molar-refractivity contribution is -0.137. The maximum absolute atomic E-state index is 12.9. The highest BCUT2D eigenvalue weighted by Crippen LogP contribution is 2.32. The summed E-state index contributed by atoms with van der Waals surface area (Å²) in [6.45, 7) is 0.232. The van der Waals surface area contributed by atoms with Gasteiger partial charge in [0.2, 0.25) is 0 Å². The predicted octanol–water partition coefficient (Wildman–Crippen LogP) is 2.04. The van der Waals surface area contributed by atoms with Gasteiger partial charge in [0.1, 0.15) is 5.69 Å². The molecular formula is C16H18ClF3N4O3. The molecule has 1 heterocycles. The van der Waals surface area contributed by atoms with E-state index in [2.05, 4.69) is 10.4 Å². The van der Waals surface area contributed by atoms with Crippen molar-refractivity contribution in [1.29, 1.82) is 0 Å². The summed E-state index contributed by atoms with van der Waals surface area (Å²) >= 11 is 0. The van der Waals surface area contributed by atoms with E-state index in [0.717, 1.165) is 22.9 Å². The number of nitrogens with two attached hydrogens (primary N) is 1. The van der Waals surface area contributed by atoms with Crippen LogP contribution in [0, 0.1) is 0 Å². The fourth-order valence-corrected chi connectivity index (χ4v) is 2.15. The average Bonchev–Trinajstić information content (AvgIpc) is 2.59. The molecule has 0 aliphatic heterocycles. The van der Waals surface area contributed by atoms with Crippen molar-refractivity contribution in [2.45, 2.75) is 19.3 Å². The predicted molar refractivity (Wildman–Crippen MR) is 94.9 cm³/mol. The molecule has 2 rings (SSSR count). The molecule has 0 radical (unpaired) electrons. The van der Waals surface area contributed by atoms with Gasteiger partial charge in [0, 0.05) is 25.4 Å². The smallest absolute Gasteiger partial charge is 0.383 e. The Kier molecular flexibility index (Phi) is 7.95. The van der Waals surface area contributed by atoms with Crippen LogP contribution < -0.4 is 16.6 Å². The summed E-state index contributed by atoms with van der Waals surface area (Å²) in [6.07, 6.45) is -4.57. The summed E-state index contributed by atoms with van der Waals surface area (Å²) in [7, 11) is 1.45. The molecule has 1 amide bonds. The van der Waals surface area contributed by atoms with E-state index in [-0.39, 0.29) is 49.0 Å². The van der Waals surface area contributed by atoms with Gasteiger partial charge in [-0.1, -0.05) is 0 Å². The monoisotopic (exact) mass is 406 g/mol. The van der Waals surface area contributed by atoms with Gasteiger partial charge >= 0.3 is 6.18 Å². The number of halogens is 4. The number of methoxy groups -OCH3 is 1. The first kappa shape index (κ1) is 22.6. The van der Waals surface area contributed by atoms with Crippen molar-refractivity contribution in [3.63, 3.8) is 0 Å². The zero-order valence-corrected chi connectivity index (χ0v) is 15.1. The molecule has 0 unspecified atom stereocenters. The number of benzene rings is 1. The Morgan fingerprint density at radius 1 is 1.30 bits per heavy atom. The number of aromatic nitrogens is 2. The maximum atomic E-state index is 12.9. The SMILES string of the molecule is COCCn1nc(C(=O)Nc2cc(CN)cc(C(F)(F)F)c2)ccc1=O.Cl. The number of nitrogens with zero attached hydrogens (tertiary/aromatic N) is 2. The van der Waals surface area contributed by atoms with E-state index in [1.807, 2.05) is 0 Å². The summed E-state index contributed by atoms with van der Waals surface area (Å²) in [5, 5.41) is 6.23. The summed E-state index contributed by atoms with van der Waals surface area (Å²) in [5.41, 5.74) is 4.09. The van der Waals surface area contributed by atoms with Gasteiger partial charge < -0.3 is 15.8 Å². The summed E-state index contributed by atoms with van der Waals surface area (Å²) in [6, 6.07) is 5.40. The topological polar surface area (TPSA) is 99.2 Å². The lowest BCUT2D eigenvalue weighted by atomic mass is 10.1. The van der Waals surface area contributed by atoms with Gasteiger partial charge in [0.25, 0.3) is 11.5 Å². The number of hydrogen-bond donors (Lipinski definition) is 2. The number of carbonyl (C=O) groups is 1. The van der Waals surface area contributed by atoms with Crippen molar-refractivity contribution in [2.24, 2.45) is 5.73 Å². The van der Waals surface area contributed by atoms with Crippen LogP contribution in [0.25, 0.3) is 0 Å². The van der Waals surface area contributed by atoms with Crippen molar-refractivity contribution in [3.8, 4) is 0 Å². The number of amides is 1. The first-order valence-electron chi connectivity index (χ1n) is 7.54. The maximum Gasteiger partial charge on any atom is 0.416 e. The molecule has 1 aromatic carbocycles. The Bertz CT molecular complexity index is 856. The minimum absolute atomic E-state index is 0. The molecule has 148 valence electrons. The largest absolute Gasteiger partial charge is 0.416 e. The van der Waals surface area contributed by atoms with Crippen LogP contribution in [-0.4, -0.2) is 29.4 Å². The van der Waals surface area contributed by atoms with Crippen molar-refractivity contribution in [1.82, 2.24) is 9.78 Å². The van der Waals surface area contributed by atoms with E-state index >= 15 is 0 Å². The van der Waals surface area contributed by atoms with E-state index < -0.39 is 23.2 Å². The van der Waals surface area contributed by atoms with Gasteiger partial charge in [-0.25, -0.2) is 4.68 Å². The van der Waals surface area contributed by atoms with Gasteiger partial charge in [-0.3, -0.25) is 9.59 Å². The van der Waals surface area contributed by atoms with Crippen LogP contribution in [0.5, 0.6) is 0 Å². The van der Waals surface area contributed by atoms with E-state index in [4.69, 9.17) is 10.5 Å². The van der Waals surface area contributed by atoms with Crippen molar-refractivity contribution in [3.05, 3.63) is 57.5 Å². The molecule has 0 fully saturated rings. The van der Waals surface area contributed by atoms with Crippen LogP contribution >= 0.6 is 12.4 Å². The summed E-state index contributed by atoms with van der Waals surface area (Å²) in [4.78, 5) is 24.0. The van der Waals surface area contributed by atoms with E-state index in [9.17, 15) is 22.8 Å². The first-order valence-corrected chi connectivity index (χ1v) is 7.54. The minimum atomic E-state index is -4.57. The third-order valence-corrected chi connectivity index (χ3v) is 3.42. The zero-order valence-electron chi connectivity index (χ0n) is 14.2. The van der Waals surface area contributed by atoms with E-state index in [1.165, 1.54) is 19.2 Å². The molecule has 0 saturated carbocycles. The second-order valence-corrected chi connectivity index (χ2v) is 5.35. The minimum Gasteiger partial charge on any atom is -0.383 e. The van der Waals surface area contributed by atoms with Gasteiger partial charge in [-0.15, -0.1) is 12.4 Å². The highest BCUT2D eigenvalue weighted by atomic mass is 35.5. The van der Waals surface area contributed by atoms with Gasteiger partial charge in [0.15, 0.2) is 0 Å². The molecule has 0 atom stereocenters. The van der Waals surface area contributed by atoms with E-state index in [0.29, 0.717) is 0 Å². The first-order chi connectivity index (χ1) is 12.2. The molecule has 0 aliphatic carbocycles. The van der Waals surface area contributed by atoms with Gasteiger partial charge in [0.05, 0.1) is 18.7 Å². The number of ether oxygens (including phenoxy) is 1. The van der Waals surface area contributed by atoms with Gasteiger partial charge in [-0.2, -0.15) is 18.3 Å². The normalized spacial score (nSPS) is 11.0. The second kappa shape index (κ2) is 9.49. The standard InChI is InChI=1S/C16H17F3N4O3.ClH/c1-26-5-4-23-14(24)3-2-13(22-23)15(25)21-12-7-10(9-20)6-11(8-12)16(17,18)19;/h2-3,6-8H,4-5,9,20H2,1H3,(H,21,25);1H. The number of anilines is 1. The number of alkyl halides is 3. The third kappa shape index (κ3) is 6.05. The molecule has 27 heavy (non-hydrogen) atoms. The molecule has 3 N–H and O–H groups in total. The number of carbonyl (C=O) groups excluding carboxylic acids is 1. The van der Waals surface area contributed by atoms with Crippen LogP contribution in [0.4, 0.5) is 18.9 Å². The molecule has 0 spiro atoms. The molecular weight excluding hydrogens is 389 g/mol. The zero-order chi connectivity index (χ0) is 19.3. The molecule has 0 saturated heterocycles. The second-order valence-electron chi connectivity index (χ2n) is 5.35. The van der Waals surface area contributed by atoms with Crippen LogP contribution in [-0.2, 0) is 24.0 Å². The lowest BCUT2D eigenvalue weighted by Crippen LogP contribution is -2.27. The number of hydrogen-bond acceptors (Lipinski definition) is 5. The molecule has 1 aromatic heterocycles.